The molecule has 19 heteroatoms. The number of aliphatic hydroxyl groups excluding tert-OH is 1. The number of ether oxygens (including phenoxy) is 2. The van der Waals surface area contributed by atoms with Gasteiger partial charge in [0.2, 0.25) is 23.6 Å². The quantitative estimate of drug-likeness (QED) is 0.113. The van der Waals surface area contributed by atoms with E-state index in [1.165, 1.54) is 28.0 Å². The van der Waals surface area contributed by atoms with Gasteiger partial charge in [-0.15, -0.1) is 11.3 Å². The smallest absolute Gasteiger partial charge is 0.246 e. The van der Waals surface area contributed by atoms with Crippen LogP contribution in [-0.4, -0.2) is 142 Å². The summed E-state index contributed by atoms with van der Waals surface area (Å²) in [4.78, 5) is 78.8. The second-order valence-electron chi connectivity index (χ2n) is 23.3. The van der Waals surface area contributed by atoms with Crippen molar-refractivity contribution in [2.24, 2.45) is 22.5 Å². The lowest BCUT2D eigenvalue weighted by atomic mass is 9.73. The molecule has 6 aliphatic rings. The van der Waals surface area contributed by atoms with Crippen molar-refractivity contribution in [3.05, 3.63) is 71.1 Å². The molecule has 1 spiro atoms. The monoisotopic (exact) mass is 1080 g/mol. The van der Waals surface area contributed by atoms with Crippen LogP contribution < -0.4 is 30.9 Å². The molecule has 5 fully saturated rings. The maximum Gasteiger partial charge on any atom is 0.246 e. The fourth-order valence-corrected chi connectivity index (χ4v) is 14.3. The number of carbonyl (C=O) groups is 4. The molecule has 0 bridgehead atoms. The molecule has 408 valence electrons. The largest absolute Gasteiger partial charge is 0.490 e. The normalized spacial score (nSPS) is 25.2. The highest BCUT2D eigenvalue weighted by atomic mass is 32.2. The van der Waals surface area contributed by atoms with E-state index in [1.807, 2.05) is 63.8 Å². The number of piperidine rings is 2. The number of aromatic nitrogens is 3. The van der Waals surface area contributed by atoms with Crippen LogP contribution in [0.5, 0.6) is 5.75 Å². The van der Waals surface area contributed by atoms with Gasteiger partial charge in [0.15, 0.2) is 0 Å². The van der Waals surface area contributed by atoms with Gasteiger partial charge < -0.3 is 50.5 Å². The summed E-state index contributed by atoms with van der Waals surface area (Å²) in [5, 5.41) is 17.4. The number of aliphatic hydroxyl groups is 1. The highest BCUT2D eigenvalue weighted by Gasteiger charge is 2.48. The minimum Gasteiger partial charge on any atom is -0.490 e. The number of β-amino-alcohol motifs (C(OH)–C–C–N with tert-alkyl or cyclic N) is 1. The van der Waals surface area contributed by atoms with Crippen molar-refractivity contribution in [3.63, 3.8) is 0 Å². The van der Waals surface area contributed by atoms with Crippen LogP contribution in [0.2, 0.25) is 0 Å². The van der Waals surface area contributed by atoms with Gasteiger partial charge in [-0.25, -0.2) is 15.0 Å². The minimum atomic E-state index is -0.902. The zero-order chi connectivity index (χ0) is 53.5. The van der Waals surface area contributed by atoms with E-state index in [2.05, 4.69) is 55.4 Å². The summed E-state index contributed by atoms with van der Waals surface area (Å²) < 4.78 is 12.7. The van der Waals surface area contributed by atoms with Gasteiger partial charge in [-0.1, -0.05) is 50.7 Å². The topological polar surface area (TPSA) is 209 Å². The van der Waals surface area contributed by atoms with E-state index >= 15 is 0 Å². The van der Waals surface area contributed by atoms with Crippen molar-refractivity contribution >= 4 is 58.2 Å². The molecular formula is C57H76N10O7S2. The molecule has 1 saturated carbocycles. The maximum atomic E-state index is 14.1. The minimum absolute atomic E-state index is 0.0000881. The van der Waals surface area contributed by atoms with Crippen molar-refractivity contribution in [1.82, 2.24) is 35.4 Å². The average Bonchev–Trinajstić information content (AvgIpc) is 4.23. The van der Waals surface area contributed by atoms with Gasteiger partial charge in [-0.05, 0) is 106 Å². The summed E-state index contributed by atoms with van der Waals surface area (Å²) in [7, 11) is 0. The number of nitrogens with zero attached hydrogens (tertiary/aromatic N) is 7. The van der Waals surface area contributed by atoms with Crippen LogP contribution in [0.3, 0.4) is 0 Å². The Balaban J connectivity index is 0.716. The number of thiazole rings is 1. The van der Waals surface area contributed by atoms with Gasteiger partial charge in [0.25, 0.3) is 0 Å². The summed E-state index contributed by atoms with van der Waals surface area (Å²) in [6, 6.07) is 11.3. The molecular weight excluding hydrogens is 1000 g/mol. The number of carbonyl (C=O) groups excluding carboxylic acids is 4. The van der Waals surface area contributed by atoms with Crippen LogP contribution in [-0.2, 0) is 36.9 Å². The summed E-state index contributed by atoms with van der Waals surface area (Å²) in [6.07, 6.45) is 10.8. The number of nitrogens with two attached hydrogens (primary N) is 1. The number of anilines is 2. The van der Waals surface area contributed by atoms with E-state index in [0.717, 1.165) is 130 Å². The first-order chi connectivity index (χ1) is 36.4. The molecule has 4 amide bonds. The molecule has 17 nitrogen and oxygen atoms in total. The van der Waals surface area contributed by atoms with Crippen molar-refractivity contribution < 1.29 is 33.8 Å². The molecule has 7 heterocycles. The van der Waals surface area contributed by atoms with Crippen LogP contribution in [0.15, 0.2) is 64.2 Å². The Hall–Kier alpha value is -5.34. The molecule has 5 atom stereocenters. The molecule has 0 unspecified atom stereocenters. The number of nitrogens with one attached hydrogen (secondary N) is 2. The summed E-state index contributed by atoms with van der Waals surface area (Å²) in [5.74, 6) is 0.627. The molecule has 5 aliphatic heterocycles. The highest BCUT2D eigenvalue weighted by molar-refractivity contribution is 7.99. The third-order valence-electron chi connectivity index (χ3n) is 17.2. The zero-order valence-electron chi connectivity index (χ0n) is 45.0. The first-order valence-electron chi connectivity index (χ1n) is 27.5. The number of hydrogen-bond donors (Lipinski definition) is 4. The van der Waals surface area contributed by atoms with Gasteiger partial charge in [-0.3, -0.25) is 19.2 Å². The second kappa shape index (κ2) is 22.6. The molecule has 1 aliphatic carbocycles. The number of rotatable bonds is 13. The standard InChI is InChI=1S/C57H76N10O7S2/c1-34-50(75-33-62-34)38-10-11-39(28-61-53(70)45-27-41(69)31-67(45)55(72)52(56(4,5)6)63-36(3)68)46(26-38)74-42-14-12-37(13-15-42)54(71)65-21-16-40(17-22-65)66-23-18-43-44(66)8-7-9-47(43)76-49-30-59-48(29-60-49)64-24-19-57(20-25-64)32-73-35(2)51(57)58/h7-11,26,29-30,33,35,37,40-42,45,51-52,69H,12-25,27-28,31-32,58H2,1-6H3,(H,61,70)(H,63,68)/t35-,37?,41+,42?,45-,51+,52+/m0/s1. The fraction of sp³-hybridized carbons (Fsp3) is 0.596. The SMILES string of the molecule is CC(=O)N[C@H](C(=O)N1C[C@H](O)C[C@H]1C(=O)NCc1ccc(-c2scnc2C)cc1OC1CCC(C(=O)N2CCC(N3CCc4c(Sc5cnc(N6CCC7(CC6)CO[C@@H](C)[C@H]7N)cn5)cccc43)CC2)CC1)C(C)(C)C. The molecule has 76 heavy (non-hydrogen) atoms. The highest BCUT2D eigenvalue weighted by Crippen LogP contribution is 2.44. The Morgan fingerprint density at radius 2 is 1.75 bits per heavy atom. The van der Waals surface area contributed by atoms with Crippen LogP contribution in [0.1, 0.15) is 109 Å². The maximum absolute atomic E-state index is 14.1. The van der Waals surface area contributed by atoms with Crippen molar-refractivity contribution in [3.8, 4) is 16.2 Å². The van der Waals surface area contributed by atoms with Crippen molar-refractivity contribution in [1.29, 1.82) is 0 Å². The summed E-state index contributed by atoms with van der Waals surface area (Å²) in [5.41, 5.74) is 13.2. The summed E-state index contributed by atoms with van der Waals surface area (Å²) >= 11 is 3.24. The van der Waals surface area contributed by atoms with Gasteiger partial charge in [0.1, 0.15) is 28.7 Å². The molecule has 4 aromatic rings. The van der Waals surface area contributed by atoms with Crippen LogP contribution in [0.25, 0.3) is 10.4 Å². The van der Waals surface area contributed by atoms with Gasteiger partial charge in [-0.2, -0.15) is 0 Å². The molecule has 2 aromatic carbocycles. The fourth-order valence-electron chi connectivity index (χ4n) is 12.6. The lowest BCUT2D eigenvalue weighted by Gasteiger charge is -2.41. The lowest BCUT2D eigenvalue weighted by molar-refractivity contribution is -0.143. The van der Waals surface area contributed by atoms with Crippen molar-refractivity contribution in [2.75, 3.05) is 55.7 Å². The first kappa shape index (κ1) is 54.0. The number of aryl methyl sites for hydroxylation is 1. The van der Waals surface area contributed by atoms with E-state index in [1.54, 1.807) is 23.1 Å². The van der Waals surface area contributed by atoms with Crippen LogP contribution >= 0.6 is 23.1 Å². The van der Waals surface area contributed by atoms with E-state index in [0.29, 0.717) is 11.8 Å². The Labute approximate surface area is 455 Å². The molecule has 2 aromatic heterocycles. The summed E-state index contributed by atoms with van der Waals surface area (Å²) in [6.45, 7) is 16.1. The average molecular weight is 1080 g/mol. The predicted molar refractivity (Wildman–Crippen MR) is 294 cm³/mol. The van der Waals surface area contributed by atoms with Crippen LogP contribution in [0.4, 0.5) is 11.5 Å². The van der Waals surface area contributed by atoms with E-state index < -0.39 is 29.5 Å². The van der Waals surface area contributed by atoms with Gasteiger partial charge in [0.05, 0.1) is 53.4 Å². The number of amides is 4. The molecule has 4 saturated heterocycles. The van der Waals surface area contributed by atoms with Crippen molar-refractivity contribution in [2.45, 2.75) is 165 Å². The Kier molecular flexibility index (Phi) is 16.0. The lowest BCUT2D eigenvalue weighted by Crippen LogP contribution is -2.57. The number of likely N-dealkylation sites (tertiary alicyclic amines) is 2. The second-order valence-corrected chi connectivity index (χ2v) is 25.2. The number of hydrogen-bond acceptors (Lipinski definition) is 15. The Morgan fingerprint density at radius 1 is 0.987 bits per heavy atom. The molecule has 5 N–H and O–H groups in total. The molecule has 0 radical (unpaired) electrons. The zero-order valence-corrected chi connectivity index (χ0v) is 46.6. The van der Waals surface area contributed by atoms with E-state index in [9.17, 15) is 24.3 Å². The van der Waals surface area contributed by atoms with E-state index in [4.69, 9.17) is 25.2 Å². The third-order valence-corrected chi connectivity index (χ3v) is 19.2. The third kappa shape index (κ3) is 11.5. The van der Waals surface area contributed by atoms with Gasteiger partial charge in [0, 0.05) is 98.7 Å². The predicted octanol–water partition coefficient (Wildman–Crippen LogP) is 6.51. The Bertz CT molecular complexity index is 2750. The molecule has 10 rings (SSSR count). The number of benzene rings is 2. The van der Waals surface area contributed by atoms with E-state index in [-0.39, 0.29) is 66.8 Å². The van der Waals surface area contributed by atoms with Crippen LogP contribution in [0, 0.1) is 23.7 Å². The first-order valence-corrected chi connectivity index (χ1v) is 29.2. The number of fused-ring (bicyclic) bond motifs is 1. The van der Waals surface area contributed by atoms with Gasteiger partial charge >= 0.3 is 0 Å². The Morgan fingerprint density at radius 3 is 2.41 bits per heavy atom.